The molecule has 0 aromatic heterocycles. The fraction of sp³-hybridized carbons (Fsp3) is 1.00. The van der Waals surface area contributed by atoms with Crippen molar-refractivity contribution in [3.8, 4) is 0 Å². The number of halogens is 1. The molecular formula is C5H13ClO5. The van der Waals surface area contributed by atoms with Gasteiger partial charge < -0.3 is 25.5 Å². The van der Waals surface area contributed by atoms with Crippen molar-refractivity contribution in [2.75, 3.05) is 13.2 Å². The Bertz CT molecular complexity index is 80.9. The van der Waals surface area contributed by atoms with Crippen molar-refractivity contribution in [3.05, 3.63) is 0 Å². The van der Waals surface area contributed by atoms with E-state index in [0.717, 1.165) is 0 Å². The second kappa shape index (κ2) is 6.78. The summed E-state index contributed by atoms with van der Waals surface area (Å²) in [6.45, 7) is -1.28. The van der Waals surface area contributed by atoms with Gasteiger partial charge in [-0.05, 0) is 0 Å². The van der Waals surface area contributed by atoms with E-state index in [2.05, 4.69) is 0 Å². The summed E-state index contributed by atoms with van der Waals surface area (Å²) in [6, 6.07) is 0. The van der Waals surface area contributed by atoms with Crippen LogP contribution in [0.4, 0.5) is 0 Å². The average Bonchev–Trinajstić information content (AvgIpc) is 2.00. The van der Waals surface area contributed by atoms with Gasteiger partial charge in [0.25, 0.3) is 0 Å². The Morgan fingerprint density at radius 3 is 1.27 bits per heavy atom. The largest absolute Gasteiger partial charge is 0.394 e. The predicted octanol–water partition coefficient (Wildman–Crippen LogP) is -2.52. The molecule has 70 valence electrons. The molecule has 0 aromatic rings. The number of aliphatic hydroxyl groups excluding tert-OH is 5. The van der Waals surface area contributed by atoms with Gasteiger partial charge in [0.05, 0.1) is 13.2 Å². The Labute approximate surface area is 70.3 Å². The second-order valence-electron chi connectivity index (χ2n) is 1.99. The topological polar surface area (TPSA) is 101 Å². The molecule has 11 heavy (non-hydrogen) atoms. The maximum Gasteiger partial charge on any atom is 0.110 e. The van der Waals surface area contributed by atoms with E-state index >= 15 is 0 Å². The Hall–Kier alpha value is 0.0900. The van der Waals surface area contributed by atoms with Crippen molar-refractivity contribution in [2.24, 2.45) is 0 Å². The van der Waals surface area contributed by atoms with Crippen molar-refractivity contribution >= 4 is 12.4 Å². The molecule has 0 aliphatic carbocycles. The highest BCUT2D eigenvalue weighted by Crippen LogP contribution is 1.97. The molecule has 0 amide bonds. The third-order valence-electron chi connectivity index (χ3n) is 1.16. The second-order valence-corrected chi connectivity index (χ2v) is 1.99. The van der Waals surface area contributed by atoms with Crippen LogP contribution in [0.15, 0.2) is 0 Å². The van der Waals surface area contributed by atoms with Gasteiger partial charge in [-0.25, -0.2) is 0 Å². The van der Waals surface area contributed by atoms with Crippen molar-refractivity contribution in [1.82, 2.24) is 0 Å². The van der Waals surface area contributed by atoms with E-state index in [-0.39, 0.29) is 12.4 Å². The first-order chi connectivity index (χ1) is 4.63. The fourth-order valence-electron chi connectivity index (χ4n) is 0.472. The van der Waals surface area contributed by atoms with E-state index in [1.807, 2.05) is 0 Å². The van der Waals surface area contributed by atoms with Crippen LogP contribution in [0.2, 0.25) is 0 Å². The number of hydrogen-bond acceptors (Lipinski definition) is 5. The van der Waals surface area contributed by atoms with Gasteiger partial charge in [-0.2, -0.15) is 0 Å². The third-order valence-corrected chi connectivity index (χ3v) is 1.16. The molecule has 0 radical (unpaired) electrons. The minimum absolute atomic E-state index is 0. The minimum atomic E-state index is -1.49. The summed E-state index contributed by atoms with van der Waals surface area (Å²) < 4.78 is 0. The van der Waals surface area contributed by atoms with E-state index < -0.39 is 31.5 Å². The summed E-state index contributed by atoms with van der Waals surface area (Å²) >= 11 is 0. The van der Waals surface area contributed by atoms with Gasteiger partial charge in [-0.3, -0.25) is 0 Å². The van der Waals surface area contributed by atoms with E-state index in [4.69, 9.17) is 25.5 Å². The van der Waals surface area contributed by atoms with Crippen molar-refractivity contribution in [1.29, 1.82) is 0 Å². The first kappa shape index (κ1) is 13.7. The van der Waals surface area contributed by atoms with Crippen LogP contribution in [-0.2, 0) is 0 Å². The molecule has 6 heteroatoms. The minimum Gasteiger partial charge on any atom is -0.394 e. The molecule has 0 heterocycles. The van der Waals surface area contributed by atoms with Crippen molar-refractivity contribution in [2.45, 2.75) is 18.3 Å². The molecule has 0 rings (SSSR count). The lowest BCUT2D eigenvalue weighted by atomic mass is 10.1. The molecular weight excluding hydrogens is 176 g/mol. The van der Waals surface area contributed by atoms with Crippen LogP contribution in [0.1, 0.15) is 0 Å². The quantitative estimate of drug-likeness (QED) is 0.335. The van der Waals surface area contributed by atoms with Gasteiger partial charge in [0.15, 0.2) is 0 Å². The van der Waals surface area contributed by atoms with Crippen LogP contribution in [0, 0.1) is 0 Å². The predicted molar refractivity (Wildman–Crippen MR) is 39.4 cm³/mol. The van der Waals surface area contributed by atoms with Crippen LogP contribution >= 0.6 is 12.4 Å². The van der Waals surface area contributed by atoms with Crippen molar-refractivity contribution in [3.63, 3.8) is 0 Å². The summed E-state index contributed by atoms with van der Waals surface area (Å²) in [5, 5.41) is 42.6. The summed E-state index contributed by atoms with van der Waals surface area (Å²) in [5.74, 6) is 0. The van der Waals surface area contributed by atoms with Crippen LogP contribution in [0.3, 0.4) is 0 Å². The van der Waals surface area contributed by atoms with Gasteiger partial charge in [-0.15, -0.1) is 12.4 Å². The van der Waals surface area contributed by atoms with Gasteiger partial charge in [-0.1, -0.05) is 0 Å². The zero-order chi connectivity index (χ0) is 8.15. The third kappa shape index (κ3) is 4.52. The van der Waals surface area contributed by atoms with Crippen molar-refractivity contribution < 1.29 is 25.5 Å². The maximum atomic E-state index is 8.77. The Kier molecular flexibility index (Phi) is 8.42. The Balaban J connectivity index is 0. The molecule has 5 N–H and O–H groups in total. The van der Waals surface area contributed by atoms with E-state index in [1.165, 1.54) is 0 Å². The average molecular weight is 189 g/mol. The van der Waals surface area contributed by atoms with Gasteiger partial charge in [0, 0.05) is 0 Å². The standard InChI is InChI=1S/C5H12O5.ClH/c6-1-3(8)5(10)4(9)2-7;/h3-10H,1-2H2;1H. The van der Waals surface area contributed by atoms with Gasteiger partial charge in [0.1, 0.15) is 18.3 Å². The first-order valence-electron chi connectivity index (χ1n) is 2.89. The lowest BCUT2D eigenvalue weighted by molar-refractivity contribution is -0.0900. The molecule has 0 bridgehead atoms. The van der Waals surface area contributed by atoms with E-state index in [0.29, 0.717) is 0 Å². The van der Waals surface area contributed by atoms with Crippen LogP contribution in [-0.4, -0.2) is 57.1 Å². The van der Waals surface area contributed by atoms with Gasteiger partial charge >= 0.3 is 0 Å². The van der Waals surface area contributed by atoms with Gasteiger partial charge in [0.2, 0.25) is 0 Å². The Morgan fingerprint density at radius 1 is 0.818 bits per heavy atom. The molecule has 0 aromatic carbocycles. The summed E-state index contributed by atoms with van der Waals surface area (Å²) in [7, 11) is 0. The SMILES string of the molecule is Cl.OCC(O)C(O)C(O)CO. The van der Waals surface area contributed by atoms with Crippen LogP contribution in [0.5, 0.6) is 0 Å². The molecule has 0 aliphatic rings. The first-order valence-corrected chi connectivity index (χ1v) is 2.89. The normalized spacial score (nSPS) is 18.3. The van der Waals surface area contributed by atoms with E-state index in [1.54, 1.807) is 0 Å². The number of hydrogen-bond donors (Lipinski definition) is 5. The van der Waals surface area contributed by atoms with E-state index in [9.17, 15) is 0 Å². The molecule has 0 saturated carbocycles. The number of aliphatic hydroxyl groups is 5. The van der Waals surface area contributed by atoms with Crippen LogP contribution < -0.4 is 0 Å². The lowest BCUT2D eigenvalue weighted by Gasteiger charge is -2.19. The molecule has 0 aliphatic heterocycles. The molecule has 2 atom stereocenters. The summed E-state index contributed by atoms with van der Waals surface area (Å²) in [6.07, 6.45) is -4.29. The number of rotatable bonds is 4. The lowest BCUT2D eigenvalue weighted by Crippen LogP contribution is -2.41. The summed E-state index contributed by atoms with van der Waals surface area (Å²) in [4.78, 5) is 0. The fourth-order valence-corrected chi connectivity index (χ4v) is 0.472. The molecule has 0 saturated heterocycles. The monoisotopic (exact) mass is 188 g/mol. The molecule has 2 unspecified atom stereocenters. The smallest absolute Gasteiger partial charge is 0.110 e. The summed E-state index contributed by atoms with van der Waals surface area (Å²) in [5.41, 5.74) is 0. The highest BCUT2D eigenvalue weighted by atomic mass is 35.5. The molecule has 0 spiro atoms. The van der Waals surface area contributed by atoms with Crippen LogP contribution in [0.25, 0.3) is 0 Å². The highest BCUT2D eigenvalue weighted by molar-refractivity contribution is 5.85. The zero-order valence-electron chi connectivity index (χ0n) is 5.79. The Morgan fingerprint density at radius 2 is 1.09 bits per heavy atom. The zero-order valence-corrected chi connectivity index (χ0v) is 6.61. The molecule has 0 fully saturated rings. The maximum absolute atomic E-state index is 8.77. The molecule has 5 nitrogen and oxygen atoms in total. The highest BCUT2D eigenvalue weighted by Gasteiger charge is 2.22.